The van der Waals surface area contributed by atoms with E-state index < -0.39 is 33.9 Å². The van der Waals surface area contributed by atoms with Crippen LogP contribution in [0.4, 0.5) is 0 Å². The highest BCUT2D eigenvalue weighted by atomic mass is 32.2. The Morgan fingerprint density at radius 3 is 1.58 bits per heavy atom. The number of aryl methyl sites for hydroxylation is 1. The van der Waals surface area contributed by atoms with Crippen molar-refractivity contribution < 1.29 is 47.2 Å². The van der Waals surface area contributed by atoms with Crippen LogP contribution < -0.4 is 18.9 Å². The lowest BCUT2D eigenvalue weighted by Crippen LogP contribution is -2.34. The zero-order valence-corrected chi connectivity index (χ0v) is 36.5. The van der Waals surface area contributed by atoms with Gasteiger partial charge in [0.1, 0.15) is 27.9 Å². The van der Waals surface area contributed by atoms with Crippen molar-refractivity contribution in [1.82, 2.24) is 14.1 Å². The van der Waals surface area contributed by atoms with Gasteiger partial charge in [-0.25, -0.2) is 23.0 Å². The molecule has 3 heterocycles. The van der Waals surface area contributed by atoms with Crippen LogP contribution in [0.1, 0.15) is 29.9 Å². The number of carboxylic acid groups (broad SMARTS) is 2. The molecule has 0 aliphatic heterocycles. The maximum atomic E-state index is 13.8. The van der Waals surface area contributed by atoms with Gasteiger partial charge in [0, 0.05) is 58.8 Å². The molecule has 0 radical (unpaired) electrons. The number of fused-ring (bicyclic) bond motifs is 7. The minimum Gasteiger partial charge on any atom is -0.493 e. The van der Waals surface area contributed by atoms with Crippen LogP contribution in [0.2, 0.25) is 0 Å². The van der Waals surface area contributed by atoms with E-state index in [0.717, 1.165) is 48.8 Å². The van der Waals surface area contributed by atoms with Crippen molar-refractivity contribution in [3.05, 3.63) is 132 Å². The van der Waals surface area contributed by atoms with Gasteiger partial charge in [-0.15, -0.1) is 11.3 Å². The number of hydrogen-bond donors (Lipinski definition) is 2. The summed E-state index contributed by atoms with van der Waals surface area (Å²) in [6.07, 6.45) is 2.11. The topological polar surface area (TPSA) is 168 Å². The number of rotatable bonds is 18. The molecule has 326 valence electrons. The fourth-order valence-electron chi connectivity index (χ4n) is 8.37. The quantitative estimate of drug-likeness (QED) is 0.0787. The third-order valence-corrected chi connectivity index (χ3v) is 13.2. The van der Waals surface area contributed by atoms with Crippen molar-refractivity contribution in [1.29, 1.82) is 0 Å². The fraction of sp³-hybridized carbons (Fsp3) is 0.204. The molecule has 0 bridgehead atoms. The Morgan fingerprint density at radius 2 is 1.05 bits per heavy atom. The molecule has 0 aliphatic rings. The average Bonchev–Trinajstić information content (AvgIpc) is 3.92. The zero-order valence-electron chi connectivity index (χ0n) is 34.8. The van der Waals surface area contributed by atoms with E-state index in [4.69, 9.17) is 18.9 Å². The highest BCUT2D eigenvalue weighted by Crippen LogP contribution is 2.42. The number of ether oxygens (including phenoxy) is 4. The van der Waals surface area contributed by atoms with E-state index >= 15 is 0 Å². The lowest BCUT2D eigenvalue weighted by Gasteiger charge is -2.26. The first-order valence-electron chi connectivity index (χ1n) is 20.6. The van der Waals surface area contributed by atoms with Crippen molar-refractivity contribution in [2.24, 2.45) is 0 Å². The van der Waals surface area contributed by atoms with Gasteiger partial charge in [-0.1, -0.05) is 48.5 Å². The highest BCUT2D eigenvalue weighted by molar-refractivity contribution is 7.90. The van der Waals surface area contributed by atoms with Gasteiger partial charge in [0.2, 0.25) is 0 Å². The molecule has 2 N–H and O–H groups in total. The van der Waals surface area contributed by atoms with Crippen LogP contribution in [0, 0.1) is 6.92 Å². The number of para-hydroxylation sites is 3. The van der Waals surface area contributed by atoms with Gasteiger partial charge < -0.3 is 38.3 Å². The molecular weight excluding hydrogens is 855 g/mol. The molecule has 9 rings (SSSR count). The molecule has 0 fully saturated rings. The minimum absolute atomic E-state index is 0.102. The molecule has 2 atom stereocenters. The Hall–Kier alpha value is -7.10. The van der Waals surface area contributed by atoms with Gasteiger partial charge in [-0.05, 0) is 67.6 Å². The first-order chi connectivity index (χ1) is 31.0. The van der Waals surface area contributed by atoms with E-state index in [-0.39, 0.29) is 23.9 Å². The summed E-state index contributed by atoms with van der Waals surface area (Å²) in [4.78, 5) is 32.1. The molecular formula is C49H43N3O10S2. The van der Waals surface area contributed by atoms with E-state index in [9.17, 15) is 28.2 Å². The average molecular weight is 898 g/mol. The predicted molar refractivity (Wildman–Crippen MR) is 247 cm³/mol. The number of nitrogens with zero attached hydrogens (tertiary/aromatic N) is 3. The number of thiazole rings is 1. The van der Waals surface area contributed by atoms with Crippen molar-refractivity contribution >= 4 is 86.9 Å². The number of aromatic nitrogens is 3. The van der Waals surface area contributed by atoms with Crippen LogP contribution in [-0.4, -0.2) is 77.4 Å². The van der Waals surface area contributed by atoms with Gasteiger partial charge in [-0.2, -0.15) is 0 Å². The zero-order chi connectivity index (χ0) is 44.5. The molecule has 15 heteroatoms. The summed E-state index contributed by atoms with van der Waals surface area (Å²) in [6.45, 7) is 3.08. The monoisotopic (exact) mass is 897 g/mol. The highest BCUT2D eigenvalue weighted by Gasteiger charge is 2.40. The smallest absolute Gasteiger partial charge is 0.329 e. The van der Waals surface area contributed by atoms with Gasteiger partial charge in [0.15, 0.2) is 21.9 Å². The lowest BCUT2D eigenvalue weighted by atomic mass is 10.1. The summed E-state index contributed by atoms with van der Waals surface area (Å²) in [7, 11) is -3.48. The summed E-state index contributed by atoms with van der Waals surface area (Å²) in [5.41, 5.74) is 2.98. The maximum absolute atomic E-state index is 13.8. The Bertz CT molecular complexity index is 3340. The SMILES string of the molecule is Cc1nc2cc(OCCCOc3ccc4c5ccccc5n(C(C(=O)O)C(C(=O)O)n5c6ccccc6c6ccc(OCCCOc7ccccc7S(C)(=O)=O)cc65)c4c3)ccc2s1. The molecule has 3 aromatic heterocycles. The number of sulfone groups is 1. The van der Waals surface area contributed by atoms with Gasteiger partial charge in [-0.3, -0.25) is 0 Å². The largest absolute Gasteiger partial charge is 0.493 e. The van der Waals surface area contributed by atoms with Crippen LogP contribution in [0.5, 0.6) is 23.0 Å². The minimum atomic E-state index is -3.48. The van der Waals surface area contributed by atoms with E-state index in [2.05, 4.69) is 4.98 Å². The lowest BCUT2D eigenvalue weighted by molar-refractivity contribution is -0.151. The third-order valence-electron chi connectivity index (χ3n) is 11.1. The van der Waals surface area contributed by atoms with Crippen molar-refractivity contribution in [2.75, 3.05) is 32.7 Å². The number of carboxylic acids is 2. The van der Waals surface area contributed by atoms with Crippen molar-refractivity contribution in [2.45, 2.75) is 36.7 Å². The molecule has 2 unspecified atom stereocenters. The number of aliphatic carboxylic acids is 2. The van der Waals surface area contributed by atoms with Crippen LogP contribution in [-0.2, 0) is 19.4 Å². The number of carbonyl (C=O) groups is 2. The molecule has 13 nitrogen and oxygen atoms in total. The van der Waals surface area contributed by atoms with Gasteiger partial charge in [0.05, 0.1) is 63.7 Å². The molecule has 0 saturated heterocycles. The summed E-state index contributed by atoms with van der Waals surface area (Å²) in [5.74, 6) is -0.760. The van der Waals surface area contributed by atoms with Crippen LogP contribution >= 0.6 is 11.3 Å². The fourth-order valence-corrected chi connectivity index (χ4v) is 10.00. The Balaban J connectivity index is 1.01. The number of hydrogen-bond acceptors (Lipinski definition) is 10. The standard InChI is InChI=1S/C49H43N3O10S2/c1-30-50-38-27-31(19-22-44(38)63-30)59-23-9-24-60-32-17-20-36-34-11-3-5-13-39(34)51(41(36)28-32)46(48(53)54)47(49(55)56)52-40-14-6-4-12-35(40)37-21-18-33(29-42(37)52)61-25-10-26-62-43-15-7-8-16-45(43)64(2,57)58/h3-8,11-22,27-29,46-47H,9-10,23-26H2,1-2H3,(H,53,54)(H,55,56). The van der Waals surface area contributed by atoms with Crippen LogP contribution in [0.25, 0.3) is 53.8 Å². The molecule has 6 aromatic carbocycles. The second-order valence-corrected chi connectivity index (χ2v) is 18.6. The third kappa shape index (κ3) is 8.27. The van der Waals surface area contributed by atoms with Crippen LogP contribution in [0.15, 0.2) is 132 Å². The molecule has 0 amide bonds. The molecule has 0 spiro atoms. The Morgan fingerprint density at radius 1 is 0.594 bits per heavy atom. The number of benzene rings is 6. The molecule has 9 aromatic rings. The first kappa shape index (κ1) is 42.2. The van der Waals surface area contributed by atoms with E-state index in [1.165, 1.54) is 6.07 Å². The van der Waals surface area contributed by atoms with E-state index in [0.29, 0.717) is 59.6 Å². The predicted octanol–water partition coefficient (Wildman–Crippen LogP) is 9.87. The summed E-state index contributed by atoms with van der Waals surface area (Å²) < 4.78 is 52.8. The van der Waals surface area contributed by atoms with Gasteiger partial charge in [0.25, 0.3) is 0 Å². The second kappa shape index (κ2) is 17.6. The van der Waals surface area contributed by atoms with Crippen molar-refractivity contribution in [3.63, 3.8) is 0 Å². The van der Waals surface area contributed by atoms with Crippen molar-refractivity contribution in [3.8, 4) is 23.0 Å². The van der Waals surface area contributed by atoms with Gasteiger partial charge >= 0.3 is 11.9 Å². The van der Waals surface area contributed by atoms with E-state index in [1.807, 2.05) is 67.6 Å². The summed E-state index contributed by atoms with van der Waals surface area (Å²) >= 11 is 1.63. The normalized spacial score (nSPS) is 12.8. The van der Waals surface area contributed by atoms with Crippen LogP contribution in [0.3, 0.4) is 0 Å². The Kier molecular flexibility index (Phi) is 11.6. The second-order valence-electron chi connectivity index (χ2n) is 15.4. The molecule has 0 aliphatic carbocycles. The molecule has 64 heavy (non-hydrogen) atoms. The maximum Gasteiger partial charge on any atom is 0.329 e. The summed E-state index contributed by atoms with van der Waals surface area (Å²) in [6, 6.07) is 34.5. The first-order valence-corrected chi connectivity index (χ1v) is 23.4. The Labute approximate surface area is 371 Å². The summed E-state index contributed by atoms with van der Waals surface area (Å²) in [5, 5.41) is 26.4. The van der Waals surface area contributed by atoms with E-state index in [1.54, 1.807) is 81.1 Å². The molecule has 0 saturated carbocycles.